The fraction of sp³-hybridized carbons (Fsp3) is 0.875. The summed E-state index contributed by atoms with van der Waals surface area (Å²) in [5.41, 5.74) is -0.402. The molecule has 2 atom stereocenters. The number of hydrogen-bond acceptors (Lipinski definition) is 7. The third-order valence-electron chi connectivity index (χ3n) is 5.40. The van der Waals surface area contributed by atoms with Crippen LogP contribution in [-0.4, -0.2) is 55.1 Å². The maximum absolute atomic E-state index is 13.1. The molecule has 2 bridgehead atoms. The number of aliphatic hydroxyl groups is 1. The van der Waals surface area contributed by atoms with Crippen molar-refractivity contribution < 1.29 is 45.9 Å². The molecule has 27 heavy (non-hydrogen) atoms. The Balaban J connectivity index is 1.88. The average molecular weight is 414 g/mol. The number of rotatable bonds is 8. The van der Waals surface area contributed by atoms with Crippen LogP contribution in [0.15, 0.2) is 0 Å². The predicted molar refractivity (Wildman–Crippen MR) is 87.2 cm³/mol. The fourth-order valence-corrected chi connectivity index (χ4v) is 4.57. The second kappa shape index (κ2) is 8.36. The second-order valence-electron chi connectivity index (χ2n) is 7.51. The minimum Gasteiger partial charge on any atom is -0.463 e. The van der Waals surface area contributed by atoms with Gasteiger partial charge in [0.25, 0.3) is 0 Å². The van der Waals surface area contributed by atoms with E-state index in [1.807, 2.05) is 0 Å². The van der Waals surface area contributed by atoms with Crippen LogP contribution in [0.4, 0.5) is 8.78 Å². The molecular formula is C16H24F2O8S. The first-order valence-corrected chi connectivity index (χ1v) is 10.2. The SMILES string of the molecule is O=C(COC(=O)C(F)(F)S(=O)(=O)O)OCC1(CCO)CC2CCCC(C2)C1. The molecular weight excluding hydrogens is 390 g/mol. The zero-order valence-electron chi connectivity index (χ0n) is 14.7. The highest BCUT2D eigenvalue weighted by Crippen LogP contribution is 2.50. The van der Waals surface area contributed by atoms with Gasteiger partial charge in [-0.1, -0.05) is 19.3 Å². The molecule has 2 rings (SSSR count). The number of halogens is 2. The van der Waals surface area contributed by atoms with Crippen molar-refractivity contribution in [1.82, 2.24) is 0 Å². The van der Waals surface area contributed by atoms with Gasteiger partial charge in [-0.25, -0.2) is 9.59 Å². The molecule has 11 heteroatoms. The molecule has 0 aromatic rings. The lowest BCUT2D eigenvalue weighted by Crippen LogP contribution is -2.41. The number of fused-ring (bicyclic) bond motifs is 2. The topological polar surface area (TPSA) is 127 Å². The summed E-state index contributed by atoms with van der Waals surface area (Å²) in [5, 5.41) is 4.22. The quantitative estimate of drug-likeness (QED) is 0.452. The molecule has 156 valence electrons. The highest BCUT2D eigenvalue weighted by Gasteiger charge is 2.54. The van der Waals surface area contributed by atoms with Crippen molar-refractivity contribution in [2.75, 3.05) is 19.8 Å². The van der Waals surface area contributed by atoms with E-state index < -0.39 is 39.3 Å². The monoisotopic (exact) mass is 414 g/mol. The van der Waals surface area contributed by atoms with Crippen molar-refractivity contribution in [3.05, 3.63) is 0 Å². The Kier molecular flexibility index (Phi) is 6.80. The van der Waals surface area contributed by atoms with Gasteiger partial charge in [-0.15, -0.1) is 0 Å². The molecule has 0 heterocycles. The summed E-state index contributed by atoms with van der Waals surface area (Å²) in [7, 11) is -5.99. The standard InChI is InChI=1S/C16H24F2O8S/c17-16(18,27(22,23)24)14(21)25-9-13(20)26-10-15(4-5-19)7-11-2-1-3-12(6-11)8-15/h11-12,19H,1-10H2,(H,22,23,24). The molecule has 0 spiro atoms. The predicted octanol–water partition coefficient (Wildman–Crippen LogP) is 1.52. The Bertz CT molecular complexity index is 651. The van der Waals surface area contributed by atoms with Crippen molar-refractivity contribution >= 4 is 22.1 Å². The molecule has 0 aliphatic heterocycles. The van der Waals surface area contributed by atoms with Gasteiger partial charge < -0.3 is 14.6 Å². The maximum atomic E-state index is 13.1. The normalized spacial score (nSPS) is 28.4. The van der Waals surface area contributed by atoms with Gasteiger partial charge in [-0.3, -0.25) is 4.55 Å². The summed E-state index contributed by atoms with van der Waals surface area (Å²) in [5.74, 6) is -2.68. The highest BCUT2D eigenvalue weighted by atomic mass is 32.2. The molecule has 0 saturated heterocycles. The molecule has 8 nitrogen and oxygen atoms in total. The lowest BCUT2D eigenvalue weighted by atomic mass is 9.60. The number of alkyl halides is 2. The van der Waals surface area contributed by atoms with E-state index >= 15 is 0 Å². The van der Waals surface area contributed by atoms with Gasteiger partial charge in [0.05, 0.1) is 6.61 Å². The summed E-state index contributed by atoms with van der Waals surface area (Å²) in [4.78, 5) is 22.8. The van der Waals surface area contributed by atoms with Crippen LogP contribution in [0.1, 0.15) is 44.9 Å². The van der Waals surface area contributed by atoms with Crippen molar-refractivity contribution in [3.8, 4) is 0 Å². The molecule has 0 radical (unpaired) electrons. The van der Waals surface area contributed by atoms with Crippen LogP contribution in [0.5, 0.6) is 0 Å². The van der Waals surface area contributed by atoms with Gasteiger partial charge in [0.1, 0.15) is 0 Å². The van der Waals surface area contributed by atoms with Crippen LogP contribution in [0, 0.1) is 17.3 Å². The molecule has 2 N–H and O–H groups in total. The molecule has 0 amide bonds. The van der Waals surface area contributed by atoms with Crippen molar-refractivity contribution in [2.45, 2.75) is 50.2 Å². The van der Waals surface area contributed by atoms with E-state index in [9.17, 15) is 31.9 Å². The van der Waals surface area contributed by atoms with Crippen molar-refractivity contribution in [3.63, 3.8) is 0 Å². The Labute approximate surface area is 156 Å². The Morgan fingerprint density at radius 2 is 1.74 bits per heavy atom. The molecule has 0 aromatic carbocycles. The Morgan fingerprint density at radius 3 is 2.26 bits per heavy atom. The summed E-state index contributed by atoms with van der Waals surface area (Å²) in [6, 6.07) is 0. The summed E-state index contributed by atoms with van der Waals surface area (Å²) in [6.07, 6.45) is 6.45. The number of ether oxygens (including phenoxy) is 2. The number of esters is 2. The van der Waals surface area contributed by atoms with Gasteiger partial charge in [-0.2, -0.15) is 17.2 Å². The van der Waals surface area contributed by atoms with E-state index in [0.29, 0.717) is 18.3 Å². The molecule has 2 saturated carbocycles. The average Bonchev–Trinajstić information content (AvgIpc) is 2.57. The Morgan fingerprint density at radius 1 is 1.15 bits per heavy atom. The zero-order chi connectivity index (χ0) is 20.3. The third kappa shape index (κ3) is 5.35. The first-order valence-electron chi connectivity index (χ1n) is 8.78. The van der Waals surface area contributed by atoms with Crippen LogP contribution in [0.2, 0.25) is 0 Å². The van der Waals surface area contributed by atoms with E-state index in [1.165, 1.54) is 0 Å². The number of carbonyl (C=O) groups excluding carboxylic acids is 2. The second-order valence-corrected chi connectivity index (χ2v) is 8.97. The third-order valence-corrected chi connectivity index (χ3v) is 6.21. The largest absolute Gasteiger partial charge is 0.465 e. The van der Waals surface area contributed by atoms with Gasteiger partial charge in [0.15, 0.2) is 6.61 Å². The van der Waals surface area contributed by atoms with Gasteiger partial charge in [0, 0.05) is 12.0 Å². The van der Waals surface area contributed by atoms with Crippen molar-refractivity contribution in [2.24, 2.45) is 17.3 Å². The smallest absolute Gasteiger partial charge is 0.463 e. The maximum Gasteiger partial charge on any atom is 0.465 e. The van der Waals surface area contributed by atoms with Crippen LogP contribution < -0.4 is 0 Å². The van der Waals surface area contributed by atoms with Crippen molar-refractivity contribution in [1.29, 1.82) is 0 Å². The zero-order valence-corrected chi connectivity index (χ0v) is 15.6. The van der Waals surface area contributed by atoms with E-state index in [2.05, 4.69) is 4.74 Å². The van der Waals surface area contributed by atoms with Crippen LogP contribution in [0.25, 0.3) is 0 Å². The van der Waals surface area contributed by atoms with Crippen LogP contribution in [0.3, 0.4) is 0 Å². The molecule has 0 aromatic heterocycles. The molecule has 2 aliphatic carbocycles. The van der Waals surface area contributed by atoms with E-state index in [-0.39, 0.29) is 13.2 Å². The Hall–Kier alpha value is -1.33. The molecule has 2 fully saturated rings. The lowest BCUT2D eigenvalue weighted by molar-refractivity contribution is -0.171. The van der Waals surface area contributed by atoms with Gasteiger partial charge in [-0.05, 0) is 37.5 Å². The van der Waals surface area contributed by atoms with Crippen LogP contribution >= 0.6 is 0 Å². The molecule has 2 unspecified atom stereocenters. The first kappa shape index (κ1) is 22.0. The molecule has 2 aliphatic rings. The van der Waals surface area contributed by atoms with E-state index in [4.69, 9.17) is 9.29 Å². The number of hydrogen-bond donors (Lipinski definition) is 2. The lowest BCUT2D eigenvalue weighted by Gasteiger charge is -2.46. The summed E-state index contributed by atoms with van der Waals surface area (Å²) < 4.78 is 64.3. The summed E-state index contributed by atoms with van der Waals surface area (Å²) in [6.45, 7) is -1.32. The van der Waals surface area contributed by atoms with Gasteiger partial charge >= 0.3 is 27.3 Å². The number of aliphatic hydroxyl groups excluding tert-OH is 1. The van der Waals surface area contributed by atoms with E-state index in [0.717, 1.165) is 38.5 Å². The first-order chi connectivity index (χ1) is 12.5. The minimum absolute atomic E-state index is 0.0361. The van der Waals surface area contributed by atoms with Crippen LogP contribution in [-0.2, 0) is 29.2 Å². The van der Waals surface area contributed by atoms with Gasteiger partial charge in [0.2, 0.25) is 0 Å². The van der Waals surface area contributed by atoms with E-state index in [1.54, 1.807) is 0 Å². The summed E-state index contributed by atoms with van der Waals surface area (Å²) >= 11 is 0. The number of carbonyl (C=O) groups is 2. The highest BCUT2D eigenvalue weighted by molar-refractivity contribution is 7.87. The fourth-order valence-electron chi connectivity index (χ4n) is 4.30. The minimum atomic E-state index is -5.99.